The van der Waals surface area contributed by atoms with E-state index in [0.717, 1.165) is 15.6 Å². The molecule has 0 radical (unpaired) electrons. The van der Waals surface area contributed by atoms with Crippen LogP contribution in [-0.2, 0) is 23.2 Å². The molecule has 1 heterocycles. The first kappa shape index (κ1) is 12.3. The van der Waals surface area contributed by atoms with E-state index in [1.165, 1.54) is 4.31 Å². The van der Waals surface area contributed by atoms with Gasteiger partial charge in [-0.15, -0.1) is 0 Å². The van der Waals surface area contributed by atoms with E-state index in [2.05, 4.69) is 15.9 Å². The molecule has 0 aromatic heterocycles. The molecule has 2 rings (SSSR count). The van der Waals surface area contributed by atoms with Crippen molar-refractivity contribution in [3.8, 4) is 0 Å². The highest BCUT2D eigenvalue weighted by Gasteiger charge is 2.25. The molecule has 0 bridgehead atoms. The van der Waals surface area contributed by atoms with Gasteiger partial charge in [0.1, 0.15) is 0 Å². The van der Waals surface area contributed by atoms with Crippen LogP contribution in [0.2, 0.25) is 5.02 Å². The van der Waals surface area contributed by atoms with E-state index in [4.69, 9.17) is 16.7 Å². The van der Waals surface area contributed by atoms with E-state index in [0.29, 0.717) is 24.5 Å². The summed E-state index contributed by atoms with van der Waals surface area (Å²) in [7, 11) is -3.62. The van der Waals surface area contributed by atoms with Crippen LogP contribution in [0.3, 0.4) is 0 Å². The largest absolute Gasteiger partial charge is 0.277 e. The lowest BCUT2D eigenvalue weighted by atomic mass is 10.0. The number of fused-ring (bicyclic) bond motifs is 1. The quantitative estimate of drug-likeness (QED) is 0.853. The van der Waals surface area contributed by atoms with Crippen LogP contribution >= 0.6 is 27.5 Å². The smallest absolute Gasteiger partial charge is 0.216 e. The van der Waals surface area contributed by atoms with Crippen LogP contribution in [0.5, 0.6) is 0 Å². The molecular weight excluding hydrogens is 316 g/mol. The molecular formula is C9H10BrClN2O2S. The highest BCUT2D eigenvalue weighted by atomic mass is 79.9. The molecule has 2 N–H and O–H groups in total. The fourth-order valence-electron chi connectivity index (χ4n) is 1.77. The predicted molar refractivity (Wildman–Crippen MR) is 66.4 cm³/mol. The van der Waals surface area contributed by atoms with Crippen molar-refractivity contribution in [2.45, 2.75) is 13.0 Å². The van der Waals surface area contributed by atoms with Crippen LogP contribution in [-0.4, -0.2) is 19.3 Å². The SMILES string of the molecule is NS(=O)(=O)N1CCc2cc(Cl)cc(Br)c2C1. The zero-order valence-electron chi connectivity index (χ0n) is 8.28. The summed E-state index contributed by atoms with van der Waals surface area (Å²) in [5, 5.41) is 5.75. The Morgan fingerprint density at radius 2 is 2.12 bits per heavy atom. The molecule has 0 amide bonds. The lowest BCUT2D eigenvalue weighted by Crippen LogP contribution is -2.40. The first-order valence-corrected chi connectivity index (χ1v) is 7.30. The van der Waals surface area contributed by atoms with Crippen molar-refractivity contribution in [1.82, 2.24) is 4.31 Å². The summed E-state index contributed by atoms with van der Waals surface area (Å²) < 4.78 is 24.6. The van der Waals surface area contributed by atoms with E-state index in [1.54, 1.807) is 6.07 Å². The summed E-state index contributed by atoms with van der Waals surface area (Å²) in [5.41, 5.74) is 2.00. The number of benzene rings is 1. The fourth-order valence-corrected chi connectivity index (χ4v) is 3.43. The van der Waals surface area contributed by atoms with Crippen LogP contribution < -0.4 is 5.14 Å². The van der Waals surface area contributed by atoms with E-state index in [1.807, 2.05) is 6.07 Å². The Morgan fingerprint density at radius 1 is 1.44 bits per heavy atom. The van der Waals surface area contributed by atoms with E-state index >= 15 is 0 Å². The third-order valence-electron chi connectivity index (χ3n) is 2.58. The molecule has 1 aliphatic heterocycles. The van der Waals surface area contributed by atoms with Crippen molar-refractivity contribution < 1.29 is 8.42 Å². The van der Waals surface area contributed by atoms with Crippen molar-refractivity contribution in [1.29, 1.82) is 0 Å². The zero-order chi connectivity index (χ0) is 11.9. The highest BCUT2D eigenvalue weighted by Crippen LogP contribution is 2.30. The van der Waals surface area contributed by atoms with Gasteiger partial charge in [0.15, 0.2) is 0 Å². The number of nitrogens with zero attached hydrogens (tertiary/aromatic N) is 1. The van der Waals surface area contributed by atoms with Gasteiger partial charge in [0, 0.05) is 22.6 Å². The summed E-state index contributed by atoms with van der Waals surface area (Å²) in [6, 6.07) is 3.62. The fraction of sp³-hybridized carbons (Fsp3) is 0.333. The maximum Gasteiger partial charge on any atom is 0.277 e. The molecule has 4 nitrogen and oxygen atoms in total. The Balaban J connectivity index is 2.41. The lowest BCUT2D eigenvalue weighted by molar-refractivity contribution is 0.391. The molecule has 1 aliphatic rings. The molecule has 1 aromatic rings. The minimum atomic E-state index is -3.62. The zero-order valence-corrected chi connectivity index (χ0v) is 11.4. The maximum absolute atomic E-state index is 11.2. The first-order valence-electron chi connectivity index (χ1n) is 4.62. The average Bonchev–Trinajstić information content (AvgIpc) is 2.15. The second kappa shape index (κ2) is 4.27. The summed E-state index contributed by atoms with van der Waals surface area (Å²) in [4.78, 5) is 0. The van der Waals surface area contributed by atoms with Crippen LogP contribution in [0, 0.1) is 0 Å². The normalized spacial score (nSPS) is 17.2. The number of hydrogen-bond donors (Lipinski definition) is 1. The third-order valence-corrected chi connectivity index (χ3v) is 4.53. The second-order valence-electron chi connectivity index (χ2n) is 3.65. The van der Waals surface area contributed by atoms with Gasteiger partial charge in [-0.25, -0.2) is 5.14 Å². The van der Waals surface area contributed by atoms with E-state index < -0.39 is 10.2 Å². The monoisotopic (exact) mass is 324 g/mol. The van der Waals surface area contributed by atoms with Gasteiger partial charge >= 0.3 is 0 Å². The van der Waals surface area contributed by atoms with Crippen molar-refractivity contribution in [3.63, 3.8) is 0 Å². The van der Waals surface area contributed by atoms with Gasteiger partial charge in [0.2, 0.25) is 0 Å². The van der Waals surface area contributed by atoms with Gasteiger partial charge in [-0.3, -0.25) is 0 Å². The van der Waals surface area contributed by atoms with Gasteiger partial charge in [-0.1, -0.05) is 27.5 Å². The molecule has 88 valence electrons. The molecule has 0 spiro atoms. The van der Waals surface area contributed by atoms with Gasteiger partial charge in [-0.05, 0) is 29.7 Å². The van der Waals surface area contributed by atoms with Crippen LogP contribution in [0.4, 0.5) is 0 Å². The van der Waals surface area contributed by atoms with Crippen LogP contribution in [0.15, 0.2) is 16.6 Å². The third kappa shape index (κ3) is 2.41. The van der Waals surface area contributed by atoms with Crippen LogP contribution in [0.1, 0.15) is 11.1 Å². The highest BCUT2D eigenvalue weighted by molar-refractivity contribution is 9.10. The van der Waals surface area contributed by atoms with Crippen molar-refractivity contribution in [2.75, 3.05) is 6.54 Å². The van der Waals surface area contributed by atoms with E-state index in [-0.39, 0.29) is 0 Å². The molecule has 0 atom stereocenters. The van der Waals surface area contributed by atoms with Gasteiger partial charge in [0.25, 0.3) is 10.2 Å². The minimum absolute atomic E-state index is 0.298. The Kier molecular flexibility index (Phi) is 3.29. The molecule has 0 saturated heterocycles. The summed E-state index contributed by atoms with van der Waals surface area (Å²) in [5.74, 6) is 0. The van der Waals surface area contributed by atoms with Gasteiger partial charge in [-0.2, -0.15) is 12.7 Å². The topological polar surface area (TPSA) is 63.4 Å². The van der Waals surface area contributed by atoms with Crippen molar-refractivity contribution in [2.24, 2.45) is 5.14 Å². The molecule has 0 unspecified atom stereocenters. The molecule has 0 saturated carbocycles. The molecule has 16 heavy (non-hydrogen) atoms. The van der Waals surface area contributed by atoms with Crippen molar-refractivity contribution >= 4 is 37.7 Å². The Labute approximate surface area is 108 Å². The number of hydrogen-bond acceptors (Lipinski definition) is 2. The second-order valence-corrected chi connectivity index (χ2v) is 6.49. The van der Waals surface area contributed by atoms with Gasteiger partial charge < -0.3 is 0 Å². The number of rotatable bonds is 1. The summed E-state index contributed by atoms with van der Waals surface area (Å²) in [6.07, 6.45) is 0.630. The Morgan fingerprint density at radius 3 is 2.75 bits per heavy atom. The number of halogens is 2. The summed E-state index contributed by atoms with van der Waals surface area (Å²) in [6.45, 7) is 0.699. The van der Waals surface area contributed by atoms with Crippen molar-refractivity contribution in [3.05, 3.63) is 32.8 Å². The standard InChI is InChI=1S/C9H10BrClN2O2S/c10-9-4-7(11)3-6-1-2-13(5-8(6)9)16(12,14)15/h3-4H,1-2,5H2,(H2,12,14,15). The van der Waals surface area contributed by atoms with E-state index in [9.17, 15) is 8.42 Å². The predicted octanol–water partition coefficient (Wildman–Crippen LogP) is 1.66. The Bertz CT molecular complexity index is 533. The van der Waals surface area contributed by atoms with Crippen LogP contribution in [0.25, 0.3) is 0 Å². The average molecular weight is 326 g/mol. The Hall–Kier alpha value is -0.140. The maximum atomic E-state index is 11.2. The molecule has 7 heteroatoms. The molecule has 0 aliphatic carbocycles. The summed E-state index contributed by atoms with van der Waals surface area (Å²) >= 11 is 9.30. The molecule has 1 aromatic carbocycles. The first-order chi connectivity index (χ1) is 7.38. The van der Waals surface area contributed by atoms with Gasteiger partial charge in [0.05, 0.1) is 0 Å². The number of nitrogens with two attached hydrogens (primary N) is 1. The molecule has 0 fully saturated rings. The lowest BCUT2D eigenvalue weighted by Gasteiger charge is -2.27. The minimum Gasteiger partial charge on any atom is -0.216 e.